The first-order valence-electron chi connectivity index (χ1n) is 15.1. The summed E-state index contributed by atoms with van der Waals surface area (Å²) in [5, 5.41) is 21.4. The number of benzene rings is 2. The molecule has 2 aromatic rings. The molecule has 2 fully saturated rings. The number of carbonyl (C=O) groups excluding carboxylic acids is 2. The molecule has 2 atom stereocenters. The maximum absolute atomic E-state index is 13.6. The summed E-state index contributed by atoms with van der Waals surface area (Å²) in [6.07, 6.45) is 5.75. The van der Waals surface area contributed by atoms with Gasteiger partial charge in [0.1, 0.15) is 0 Å². The fourth-order valence-electron chi connectivity index (χ4n) is 6.12. The molecule has 0 bridgehead atoms. The summed E-state index contributed by atoms with van der Waals surface area (Å²) in [6, 6.07) is 15.4. The van der Waals surface area contributed by atoms with Gasteiger partial charge in [0.25, 0.3) is 5.91 Å². The van der Waals surface area contributed by atoms with Crippen LogP contribution in [-0.4, -0.2) is 54.7 Å². The fourth-order valence-corrected chi connectivity index (χ4v) is 6.12. The lowest BCUT2D eigenvalue weighted by Gasteiger charge is -2.37. The van der Waals surface area contributed by atoms with Gasteiger partial charge in [-0.05, 0) is 80.5 Å². The summed E-state index contributed by atoms with van der Waals surface area (Å²) in [5.74, 6) is 0.567. The molecule has 4 N–H and O–H groups in total. The molecule has 0 unspecified atom stereocenters. The number of aliphatic hydroxyl groups excluding tert-OH is 1. The van der Waals surface area contributed by atoms with E-state index in [9.17, 15) is 14.7 Å². The quantitative estimate of drug-likeness (QED) is 0.312. The van der Waals surface area contributed by atoms with E-state index in [0.717, 1.165) is 42.1 Å². The third-order valence-electron chi connectivity index (χ3n) is 8.59. The number of hydrogen-bond acceptors (Lipinski definition) is 5. The van der Waals surface area contributed by atoms with Crippen LogP contribution < -0.4 is 20.9 Å². The minimum atomic E-state index is -0.749. The number of rotatable bonds is 11. The van der Waals surface area contributed by atoms with Crippen LogP contribution in [0.1, 0.15) is 82.1 Å². The highest BCUT2D eigenvalue weighted by atomic mass is 16.3. The first-order chi connectivity index (χ1) is 19.1. The number of aliphatic hydroxyl groups is 1. The van der Waals surface area contributed by atoms with E-state index in [2.05, 4.69) is 36.7 Å². The van der Waals surface area contributed by atoms with E-state index >= 15 is 0 Å². The monoisotopic (exact) mass is 548 g/mol. The summed E-state index contributed by atoms with van der Waals surface area (Å²) in [6.45, 7) is 10.8. The standard InChI is InChI=1S/C33H48N4O3/c1-5-34-27-19-24(20-28(21-27)37-17-9-12-31(37)39)32(40)36-29(18-23-10-7-6-8-11-23)30(38)22-35-26-15-13-25(14-16-26)33(2,3)4/h6-8,10-11,19-21,25-26,29-30,34-35,38H,5,9,12-18,22H2,1-4H3,(H,36,40)/t25?,26?,29-,30-/m0/s1. The second-order valence-electron chi connectivity index (χ2n) is 12.6. The number of nitrogens with zero attached hydrogens (tertiary/aromatic N) is 1. The smallest absolute Gasteiger partial charge is 0.251 e. The van der Waals surface area contributed by atoms with Crippen molar-refractivity contribution in [2.45, 2.75) is 90.8 Å². The van der Waals surface area contributed by atoms with Gasteiger partial charge in [-0.25, -0.2) is 0 Å². The molecular formula is C33H48N4O3. The Kier molecular flexibility index (Phi) is 10.3. The van der Waals surface area contributed by atoms with Gasteiger partial charge < -0.3 is 26.0 Å². The minimum absolute atomic E-state index is 0.0833. The number of nitrogens with one attached hydrogen (secondary N) is 3. The van der Waals surface area contributed by atoms with Crippen molar-refractivity contribution in [2.24, 2.45) is 11.3 Å². The Morgan fingerprint density at radius 1 is 1.07 bits per heavy atom. The van der Waals surface area contributed by atoms with Crippen LogP contribution in [0.3, 0.4) is 0 Å². The zero-order chi connectivity index (χ0) is 28.7. The topological polar surface area (TPSA) is 93.7 Å². The zero-order valence-electron chi connectivity index (χ0n) is 24.7. The van der Waals surface area contributed by atoms with E-state index in [0.29, 0.717) is 49.5 Å². The molecule has 0 spiro atoms. The molecule has 1 saturated heterocycles. The number of hydrogen-bond donors (Lipinski definition) is 4. The van der Waals surface area contributed by atoms with Crippen LogP contribution in [-0.2, 0) is 11.2 Å². The summed E-state index contributed by atoms with van der Waals surface area (Å²) in [7, 11) is 0. The van der Waals surface area contributed by atoms with Crippen LogP contribution in [0.25, 0.3) is 0 Å². The third kappa shape index (κ3) is 8.07. The predicted octanol–water partition coefficient (Wildman–Crippen LogP) is 5.14. The Morgan fingerprint density at radius 3 is 2.42 bits per heavy atom. The molecule has 1 aliphatic heterocycles. The Morgan fingerprint density at radius 2 is 1.80 bits per heavy atom. The second kappa shape index (κ2) is 13.6. The molecule has 40 heavy (non-hydrogen) atoms. The van der Waals surface area contributed by atoms with Gasteiger partial charge in [0.15, 0.2) is 0 Å². The van der Waals surface area contributed by atoms with E-state index in [4.69, 9.17) is 0 Å². The second-order valence-corrected chi connectivity index (χ2v) is 12.6. The molecule has 7 heteroatoms. The highest BCUT2D eigenvalue weighted by molar-refractivity contribution is 6.00. The molecular weight excluding hydrogens is 500 g/mol. The fraction of sp³-hybridized carbons (Fsp3) is 0.576. The molecule has 2 aromatic carbocycles. The van der Waals surface area contributed by atoms with Gasteiger partial charge in [0, 0.05) is 49.0 Å². The van der Waals surface area contributed by atoms with E-state index < -0.39 is 12.1 Å². The maximum Gasteiger partial charge on any atom is 0.251 e. The van der Waals surface area contributed by atoms with Gasteiger partial charge in [-0.3, -0.25) is 9.59 Å². The zero-order valence-corrected chi connectivity index (χ0v) is 24.7. The maximum atomic E-state index is 13.6. The lowest BCUT2D eigenvalue weighted by Crippen LogP contribution is -2.50. The van der Waals surface area contributed by atoms with E-state index in [1.165, 1.54) is 12.8 Å². The predicted molar refractivity (Wildman–Crippen MR) is 163 cm³/mol. The van der Waals surface area contributed by atoms with Crippen molar-refractivity contribution in [3.63, 3.8) is 0 Å². The van der Waals surface area contributed by atoms with Gasteiger partial charge in [-0.2, -0.15) is 0 Å². The van der Waals surface area contributed by atoms with Crippen LogP contribution in [0.5, 0.6) is 0 Å². The molecule has 1 saturated carbocycles. The van der Waals surface area contributed by atoms with E-state index in [1.54, 1.807) is 11.0 Å². The average Bonchev–Trinajstić information content (AvgIpc) is 3.37. The van der Waals surface area contributed by atoms with Crippen molar-refractivity contribution in [1.29, 1.82) is 0 Å². The largest absolute Gasteiger partial charge is 0.390 e. The summed E-state index contributed by atoms with van der Waals surface area (Å²) < 4.78 is 0. The van der Waals surface area contributed by atoms with Crippen molar-refractivity contribution in [3.8, 4) is 0 Å². The molecule has 4 rings (SSSR count). The minimum Gasteiger partial charge on any atom is -0.390 e. The van der Waals surface area contributed by atoms with Gasteiger partial charge in [0.2, 0.25) is 5.91 Å². The van der Waals surface area contributed by atoms with Gasteiger partial charge in [-0.15, -0.1) is 0 Å². The lowest BCUT2D eigenvalue weighted by molar-refractivity contribution is -0.117. The van der Waals surface area contributed by atoms with E-state index in [1.807, 2.05) is 49.4 Å². The normalized spacial score (nSPS) is 21.2. The van der Waals surface area contributed by atoms with Gasteiger partial charge in [0.05, 0.1) is 12.1 Å². The SMILES string of the molecule is CCNc1cc(C(=O)N[C@@H](Cc2ccccc2)[C@@H](O)CNC2CCC(C(C)(C)C)CC2)cc(N2CCCC2=O)c1. The molecule has 218 valence electrons. The molecule has 1 aliphatic carbocycles. The number of carbonyl (C=O) groups is 2. The molecule has 1 heterocycles. The highest BCUT2D eigenvalue weighted by Crippen LogP contribution is 2.37. The number of amides is 2. The van der Waals surface area contributed by atoms with Crippen LogP contribution in [0.15, 0.2) is 48.5 Å². The molecule has 0 aromatic heterocycles. The first kappa shape index (κ1) is 30.1. The van der Waals surface area contributed by atoms with Crippen molar-refractivity contribution in [2.75, 3.05) is 29.9 Å². The molecule has 0 radical (unpaired) electrons. The average molecular weight is 549 g/mol. The summed E-state index contributed by atoms with van der Waals surface area (Å²) in [5.41, 5.74) is 3.41. The first-order valence-corrected chi connectivity index (χ1v) is 15.1. The van der Waals surface area contributed by atoms with Crippen LogP contribution in [0, 0.1) is 11.3 Å². The Balaban J connectivity index is 1.46. The Bertz CT molecular complexity index is 1120. The van der Waals surface area contributed by atoms with Gasteiger partial charge in [-0.1, -0.05) is 51.1 Å². The summed E-state index contributed by atoms with van der Waals surface area (Å²) in [4.78, 5) is 27.8. The molecule has 2 amide bonds. The van der Waals surface area contributed by atoms with Gasteiger partial charge >= 0.3 is 0 Å². The van der Waals surface area contributed by atoms with Crippen LogP contribution >= 0.6 is 0 Å². The molecule has 7 nitrogen and oxygen atoms in total. The third-order valence-corrected chi connectivity index (χ3v) is 8.59. The van der Waals surface area contributed by atoms with Crippen molar-refractivity contribution < 1.29 is 14.7 Å². The lowest BCUT2D eigenvalue weighted by atomic mass is 9.71. The van der Waals surface area contributed by atoms with Crippen molar-refractivity contribution in [1.82, 2.24) is 10.6 Å². The van der Waals surface area contributed by atoms with Crippen LogP contribution in [0.2, 0.25) is 0 Å². The van der Waals surface area contributed by atoms with Crippen molar-refractivity contribution >= 4 is 23.2 Å². The highest BCUT2D eigenvalue weighted by Gasteiger charge is 2.31. The summed E-state index contributed by atoms with van der Waals surface area (Å²) >= 11 is 0. The Labute approximate surface area is 240 Å². The van der Waals surface area contributed by atoms with Crippen molar-refractivity contribution in [3.05, 3.63) is 59.7 Å². The molecule has 2 aliphatic rings. The number of anilines is 2. The van der Waals surface area contributed by atoms with Crippen LogP contribution in [0.4, 0.5) is 11.4 Å². The van der Waals surface area contributed by atoms with E-state index in [-0.39, 0.29) is 11.8 Å². The Hall–Kier alpha value is -2.90.